The first-order valence-electron chi connectivity index (χ1n) is 6.84. The molecule has 2 aromatic carbocycles. The lowest BCUT2D eigenvalue weighted by Gasteiger charge is -2.14. The number of anilines is 1. The Morgan fingerprint density at radius 3 is 2.40 bits per heavy atom. The second kappa shape index (κ2) is 8.58. The summed E-state index contributed by atoms with van der Waals surface area (Å²) >= 11 is 23.1. The first-order valence-corrected chi connectivity index (χ1v) is 8.38. The Balaban J connectivity index is 2.19. The highest BCUT2D eigenvalue weighted by Gasteiger charge is 2.18. The number of nitrogens with one attached hydrogen (secondary N) is 2. The standard InChI is InChI=1S/C16H13Cl3N2O3S/c1-23-13-4-3-8(17)7-12(13)20-16(25)21-15(22)10-5-9(18)6-11(19)14(10)24-2/h3-7H,1-2H3,(H2,20,21,22,25). The number of hydrogen-bond donors (Lipinski definition) is 2. The number of thiocarbonyl (C=S) groups is 1. The van der Waals surface area contributed by atoms with Crippen LogP contribution < -0.4 is 20.1 Å². The molecule has 5 nitrogen and oxygen atoms in total. The molecule has 0 bridgehead atoms. The number of carbonyl (C=O) groups is 1. The van der Waals surface area contributed by atoms with Crippen LogP contribution in [0.5, 0.6) is 11.5 Å². The van der Waals surface area contributed by atoms with Crippen LogP contribution in [0.2, 0.25) is 15.1 Å². The van der Waals surface area contributed by atoms with Gasteiger partial charge in [0.2, 0.25) is 0 Å². The van der Waals surface area contributed by atoms with Gasteiger partial charge in [-0.25, -0.2) is 0 Å². The lowest BCUT2D eigenvalue weighted by atomic mass is 10.2. The van der Waals surface area contributed by atoms with Gasteiger partial charge in [0.15, 0.2) is 5.11 Å². The Morgan fingerprint density at radius 1 is 1.04 bits per heavy atom. The molecule has 0 saturated heterocycles. The van der Waals surface area contributed by atoms with Crippen LogP contribution in [0, 0.1) is 0 Å². The zero-order valence-corrected chi connectivity index (χ0v) is 16.2. The van der Waals surface area contributed by atoms with E-state index in [0.717, 1.165) is 0 Å². The molecule has 0 saturated carbocycles. The molecule has 9 heteroatoms. The van der Waals surface area contributed by atoms with E-state index in [4.69, 9.17) is 56.5 Å². The van der Waals surface area contributed by atoms with E-state index in [1.54, 1.807) is 18.2 Å². The Labute approximate surface area is 165 Å². The topological polar surface area (TPSA) is 59.6 Å². The Hall–Kier alpha value is -1.73. The molecule has 0 unspecified atom stereocenters. The van der Waals surface area contributed by atoms with Crippen LogP contribution in [-0.2, 0) is 0 Å². The minimum absolute atomic E-state index is 0.0451. The van der Waals surface area contributed by atoms with Gasteiger partial charge in [-0.1, -0.05) is 34.8 Å². The van der Waals surface area contributed by atoms with Crippen LogP contribution >= 0.6 is 47.0 Å². The van der Waals surface area contributed by atoms with Crippen LogP contribution in [-0.4, -0.2) is 25.2 Å². The van der Waals surface area contributed by atoms with Gasteiger partial charge in [-0.05, 0) is 42.5 Å². The summed E-state index contributed by atoms with van der Waals surface area (Å²) in [6, 6.07) is 7.88. The highest BCUT2D eigenvalue weighted by atomic mass is 35.5. The largest absolute Gasteiger partial charge is 0.495 e. The zero-order valence-electron chi connectivity index (χ0n) is 13.2. The van der Waals surface area contributed by atoms with E-state index >= 15 is 0 Å². The molecule has 2 N–H and O–H groups in total. The molecule has 1 amide bonds. The zero-order chi connectivity index (χ0) is 18.6. The molecule has 0 aliphatic rings. The Morgan fingerprint density at radius 2 is 1.76 bits per heavy atom. The maximum atomic E-state index is 12.5. The molecule has 0 radical (unpaired) electrons. The van der Waals surface area contributed by atoms with Crippen molar-refractivity contribution in [3.05, 3.63) is 51.0 Å². The second-order valence-corrected chi connectivity index (χ2v) is 6.41. The van der Waals surface area contributed by atoms with Gasteiger partial charge in [-0.15, -0.1) is 0 Å². The van der Waals surface area contributed by atoms with Gasteiger partial charge in [0.1, 0.15) is 11.5 Å². The van der Waals surface area contributed by atoms with E-state index in [-0.39, 0.29) is 21.4 Å². The quantitative estimate of drug-likeness (QED) is 0.698. The third-order valence-corrected chi connectivity index (χ3v) is 4.03. The summed E-state index contributed by atoms with van der Waals surface area (Å²) in [7, 11) is 2.91. The van der Waals surface area contributed by atoms with Crippen LogP contribution in [0.25, 0.3) is 0 Å². The first kappa shape index (κ1) is 19.6. The Kier molecular flexibility index (Phi) is 6.72. The Bertz CT molecular complexity index is 831. The van der Waals surface area contributed by atoms with E-state index in [1.807, 2.05) is 0 Å². The van der Waals surface area contributed by atoms with Crippen LogP contribution in [0.3, 0.4) is 0 Å². The van der Waals surface area contributed by atoms with Gasteiger partial charge < -0.3 is 14.8 Å². The molecule has 2 aromatic rings. The average molecular weight is 420 g/mol. The van der Waals surface area contributed by atoms with E-state index in [0.29, 0.717) is 21.5 Å². The molecule has 0 aliphatic heterocycles. The third kappa shape index (κ3) is 4.89. The van der Waals surface area contributed by atoms with Crippen LogP contribution in [0.4, 0.5) is 5.69 Å². The van der Waals surface area contributed by atoms with Crippen molar-refractivity contribution in [2.24, 2.45) is 0 Å². The smallest absolute Gasteiger partial charge is 0.261 e. The number of benzene rings is 2. The SMILES string of the molecule is COc1ccc(Cl)cc1NC(=S)NC(=O)c1cc(Cl)cc(Cl)c1OC. The lowest BCUT2D eigenvalue weighted by Crippen LogP contribution is -2.34. The molecule has 132 valence electrons. The van der Waals surface area contributed by atoms with Crippen molar-refractivity contribution in [3.8, 4) is 11.5 Å². The fraction of sp³-hybridized carbons (Fsp3) is 0.125. The van der Waals surface area contributed by atoms with E-state index in [9.17, 15) is 4.79 Å². The number of rotatable bonds is 4. The fourth-order valence-corrected chi connectivity index (χ4v) is 2.98. The third-order valence-electron chi connectivity index (χ3n) is 3.09. The summed E-state index contributed by atoms with van der Waals surface area (Å²) in [6.07, 6.45) is 0. The molecular weight excluding hydrogens is 407 g/mol. The number of hydrogen-bond acceptors (Lipinski definition) is 4. The van der Waals surface area contributed by atoms with Crippen LogP contribution in [0.1, 0.15) is 10.4 Å². The van der Waals surface area contributed by atoms with Crippen LogP contribution in [0.15, 0.2) is 30.3 Å². The number of carbonyl (C=O) groups excluding carboxylic acids is 1. The molecule has 0 heterocycles. The predicted octanol–water partition coefficient (Wildman–Crippen LogP) is 4.79. The first-order chi connectivity index (χ1) is 11.8. The van der Waals surface area contributed by atoms with Gasteiger partial charge in [0, 0.05) is 10.0 Å². The summed E-state index contributed by atoms with van der Waals surface area (Å²) < 4.78 is 10.4. The highest BCUT2D eigenvalue weighted by Crippen LogP contribution is 2.32. The maximum Gasteiger partial charge on any atom is 0.261 e. The molecule has 0 aliphatic carbocycles. The van der Waals surface area contributed by atoms with Crippen molar-refractivity contribution in [1.29, 1.82) is 0 Å². The molecule has 0 atom stereocenters. The maximum absolute atomic E-state index is 12.5. The van der Waals surface area contributed by atoms with Gasteiger partial charge in [0.25, 0.3) is 5.91 Å². The number of halogens is 3. The van der Waals surface area contributed by atoms with Crippen molar-refractivity contribution >= 4 is 63.7 Å². The summed E-state index contributed by atoms with van der Waals surface area (Å²) in [6.45, 7) is 0. The molecule has 0 fully saturated rings. The van der Waals surface area contributed by atoms with Gasteiger partial charge in [-0.2, -0.15) is 0 Å². The summed E-state index contributed by atoms with van der Waals surface area (Å²) in [5.41, 5.74) is 0.665. The fourth-order valence-electron chi connectivity index (χ4n) is 2.04. The highest BCUT2D eigenvalue weighted by molar-refractivity contribution is 7.80. The second-order valence-electron chi connectivity index (χ2n) is 4.72. The van der Waals surface area contributed by atoms with Crippen molar-refractivity contribution in [1.82, 2.24) is 5.32 Å². The molecule has 0 aromatic heterocycles. The van der Waals surface area contributed by atoms with Crippen molar-refractivity contribution in [2.45, 2.75) is 0 Å². The minimum atomic E-state index is -0.528. The predicted molar refractivity (Wildman–Crippen MR) is 105 cm³/mol. The molecular formula is C16H13Cl3N2O3S. The molecule has 25 heavy (non-hydrogen) atoms. The number of amides is 1. The summed E-state index contributed by atoms with van der Waals surface area (Å²) in [5.74, 6) is 0.191. The van der Waals surface area contributed by atoms with E-state index in [1.165, 1.54) is 26.4 Å². The van der Waals surface area contributed by atoms with Gasteiger partial charge in [0.05, 0.1) is 30.5 Å². The number of methoxy groups -OCH3 is 2. The van der Waals surface area contributed by atoms with Crippen molar-refractivity contribution in [3.63, 3.8) is 0 Å². The summed E-state index contributed by atoms with van der Waals surface area (Å²) in [4.78, 5) is 12.5. The summed E-state index contributed by atoms with van der Waals surface area (Å²) in [5, 5.41) is 6.43. The van der Waals surface area contributed by atoms with Crippen molar-refractivity contribution in [2.75, 3.05) is 19.5 Å². The minimum Gasteiger partial charge on any atom is -0.495 e. The number of ether oxygens (including phenoxy) is 2. The van der Waals surface area contributed by atoms with E-state index in [2.05, 4.69) is 10.6 Å². The average Bonchev–Trinajstić information content (AvgIpc) is 2.54. The van der Waals surface area contributed by atoms with E-state index < -0.39 is 5.91 Å². The van der Waals surface area contributed by atoms with Gasteiger partial charge >= 0.3 is 0 Å². The monoisotopic (exact) mass is 418 g/mol. The lowest BCUT2D eigenvalue weighted by molar-refractivity contribution is 0.0975. The normalized spacial score (nSPS) is 10.1. The van der Waals surface area contributed by atoms with Crippen molar-refractivity contribution < 1.29 is 14.3 Å². The molecule has 0 spiro atoms. The van der Waals surface area contributed by atoms with Gasteiger partial charge in [-0.3, -0.25) is 10.1 Å². The molecule has 2 rings (SSSR count).